The Morgan fingerprint density at radius 1 is 1.26 bits per heavy atom. The third-order valence-corrected chi connectivity index (χ3v) is 2.85. The van der Waals surface area contributed by atoms with Crippen molar-refractivity contribution < 1.29 is 9.59 Å². The van der Waals surface area contributed by atoms with Crippen molar-refractivity contribution in [2.24, 2.45) is 11.5 Å². The Labute approximate surface area is 110 Å². The van der Waals surface area contributed by atoms with E-state index in [-0.39, 0.29) is 13.1 Å². The van der Waals surface area contributed by atoms with E-state index in [9.17, 15) is 9.59 Å². The van der Waals surface area contributed by atoms with Gasteiger partial charge in [0.05, 0.1) is 18.8 Å². The van der Waals surface area contributed by atoms with Crippen LogP contribution in [0, 0.1) is 0 Å². The molecule has 8 nitrogen and oxygen atoms in total. The van der Waals surface area contributed by atoms with Crippen molar-refractivity contribution in [3.05, 3.63) is 17.6 Å². The monoisotopic (exact) mass is 264 g/mol. The Hall–Kier alpha value is -2.22. The number of nitrogens with two attached hydrogens (primary N) is 2. The van der Waals surface area contributed by atoms with Gasteiger partial charge in [-0.15, -0.1) is 0 Å². The predicted octanol–water partition coefficient (Wildman–Crippen LogP) is -2.10. The number of primary amides is 2. The number of aromatic nitrogens is 2. The molecule has 8 heteroatoms. The minimum Gasteiger partial charge on any atom is -0.368 e. The average molecular weight is 264 g/mol. The lowest BCUT2D eigenvalue weighted by molar-refractivity contribution is -0.117. The molecule has 2 heterocycles. The summed E-state index contributed by atoms with van der Waals surface area (Å²) in [5.41, 5.74) is 12.2. The van der Waals surface area contributed by atoms with Gasteiger partial charge in [-0.3, -0.25) is 9.59 Å². The number of nitrogens with zero attached hydrogens (tertiary/aromatic N) is 3. The maximum Gasteiger partial charge on any atom is 0.237 e. The molecule has 0 fully saturated rings. The van der Waals surface area contributed by atoms with Crippen LogP contribution in [-0.4, -0.2) is 41.4 Å². The van der Waals surface area contributed by atoms with Crippen LogP contribution in [0.4, 0.5) is 5.82 Å². The van der Waals surface area contributed by atoms with Crippen LogP contribution in [0.2, 0.25) is 0 Å². The SMILES string of the molecule is NC(=O)CN(CC(N)=O)c1ncnc2c1CNCC2. The second kappa shape index (κ2) is 5.61. The van der Waals surface area contributed by atoms with E-state index in [0.29, 0.717) is 12.4 Å². The smallest absolute Gasteiger partial charge is 0.237 e. The number of fused-ring (bicyclic) bond motifs is 1. The van der Waals surface area contributed by atoms with Crippen molar-refractivity contribution >= 4 is 17.6 Å². The van der Waals surface area contributed by atoms with Crippen molar-refractivity contribution in [1.82, 2.24) is 15.3 Å². The average Bonchev–Trinajstić information content (AvgIpc) is 2.36. The lowest BCUT2D eigenvalue weighted by atomic mass is 10.1. The number of nitrogens with one attached hydrogen (secondary N) is 1. The minimum absolute atomic E-state index is 0.105. The summed E-state index contributed by atoms with van der Waals surface area (Å²) in [4.78, 5) is 32.1. The summed E-state index contributed by atoms with van der Waals surface area (Å²) in [6, 6.07) is 0. The van der Waals surface area contributed by atoms with Crippen LogP contribution in [0.3, 0.4) is 0 Å². The summed E-state index contributed by atoms with van der Waals surface area (Å²) >= 11 is 0. The Morgan fingerprint density at radius 2 is 1.95 bits per heavy atom. The molecule has 102 valence electrons. The van der Waals surface area contributed by atoms with Gasteiger partial charge in [-0.05, 0) is 0 Å². The molecule has 0 bridgehead atoms. The molecule has 0 atom stereocenters. The standard InChI is InChI=1S/C11H16N6O2/c12-9(18)4-17(5-10(13)19)11-7-3-14-2-1-8(7)15-6-16-11/h6,14H,1-5H2,(H2,12,18)(H2,13,19). The lowest BCUT2D eigenvalue weighted by Gasteiger charge is -2.26. The number of amides is 2. The predicted molar refractivity (Wildman–Crippen MR) is 68.0 cm³/mol. The van der Waals surface area contributed by atoms with Crippen LogP contribution in [0.1, 0.15) is 11.3 Å². The molecular weight excluding hydrogens is 248 g/mol. The Bertz CT molecular complexity index is 488. The van der Waals surface area contributed by atoms with E-state index in [2.05, 4.69) is 15.3 Å². The van der Waals surface area contributed by atoms with Gasteiger partial charge in [-0.2, -0.15) is 0 Å². The normalized spacial score (nSPS) is 13.7. The molecule has 0 radical (unpaired) electrons. The first kappa shape index (κ1) is 13.2. The summed E-state index contributed by atoms with van der Waals surface area (Å²) in [5, 5.41) is 3.20. The molecule has 0 saturated carbocycles. The summed E-state index contributed by atoms with van der Waals surface area (Å²) in [6.07, 6.45) is 2.21. The quantitative estimate of drug-likeness (QED) is 0.559. The first-order valence-corrected chi connectivity index (χ1v) is 5.93. The molecule has 0 aromatic carbocycles. The summed E-state index contributed by atoms with van der Waals surface area (Å²) < 4.78 is 0. The molecule has 0 spiro atoms. The first-order valence-electron chi connectivity index (χ1n) is 5.93. The van der Waals surface area contributed by atoms with E-state index in [0.717, 1.165) is 24.2 Å². The van der Waals surface area contributed by atoms with Gasteiger partial charge in [0.25, 0.3) is 0 Å². The molecule has 0 aliphatic carbocycles. The van der Waals surface area contributed by atoms with E-state index in [4.69, 9.17) is 11.5 Å². The largest absolute Gasteiger partial charge is 0.368 e. The Balaban J connectivity index is 2.35. The highest BCUT2D eigenvalue weighted by Gasteiger charge is 2.21. The minimum atomic E-state index is -0.544. The van der Waals surface area contributed by atoms with Crippen LogP contribution in [0.5, 0.6) is 0 Å². The van der Waals surface area contributed by atoms with Gasteiger partial charge in [0.15, 0.2) is 0 Å². The first-order chi connectivity index (χ1) is 9.08. The van der Waals surface area contributed by atoms with E-state index in [1.165, 1.54) is 11.2 Å². The van der Waals surface area contributed by atoms with Gasteiger partial charge in [-0.25, -0.2) is 9.97 Å². The molecule has 1 aromatic rings. The van der Waals surface area contributed by atoms with E-state index in [1.54, 1.807) is 0 Å². The molecule has 1 aliphatic rings. The molecule has 0 unspecified atom stereocenters. The Kier molecular flexibility index (Phi) is 3.91. The zero-order valence-corrected chi connectivity index (χ0v) is 10.4. The zero-order valence-electron chi connectivity index (χ0n) is 10.4. The molecule has 2 rings (SSSR count). The molecular formula is C11H16N6O2. The highest BCUT2D eigenvalue weighted by atomic mass is 16.2. The van der Waals surface area contributed by atoms with Crippen molar-refractivity contribution in [2.75, 3.05) is 24.5 Å². The highest BCUT2D eigenvalue weighted by molar-refractivity contribution is 5.84. The summed E-state index contributed by atoms with van der Waals surface area (Å²) in [6.45, 7) is 1.23. The van der Waals surface area contributed by atoms with Gasteiger partial charge in [-0.1, -0.05) is 0 Å². The molecule has 1 aliphatic heterocycles. The van der Waals surface area contributed by atoms with Crippen LogP contribution in [0.15, 0.2) is 6.33 Å². The van der Waals surface area contributed by atoms with E-state index >= 15 is 0 Å². The fourth-order valence-electron chi connectivity index (χ4n) is 2.11. The molecule has 0 saturated heterocycles. The van der Waals surface area contributed by atoms with Gasteiger partial charge < -0.3 is 21.7 Å². The van der Waals surface area contributed by atoms with Gasteiger partial charge in [0.2, 0.25) is 11.8 Å². The number of carbonyl (C=O) groups is 2. The van der Waals surface area contributed by atoms with Crippen molar-refractivity contribution in [2.45, 2.75) is 13.0 Å². The van der Waals surface area contributed by atoms with Crippen molar-refractivity contribution in [1.29, 1.82) is 0 Å². The van der Waals surface area contributed by atoms with Gasteiger partial charge in [0, 0.05) is 25.1 Å². The molecule has 1 aromatic heterocycles. The number of hydrogen-bond acceptors (Lipinski definition) is 6. The fraction of sp³-hybridized carbons (Fsp3) is 0.455. The maximum atomic E-state index is 11.1. The Morgan fingerprint density at radius 3 is 2.58 bits per heavy atom. The lowest BCUT2D eigenvalue weighted by Crippen LogP contribution is -2.41. The molecule has 5 N–H and O–H groups in total. The van der Waals surface area contributed by atoms with Gasteiger partial charge in [0.1, 0.15) is 12.1 Å². The maximum absolute atomic E-state index is 11.1. The summed E-state index contributed by atoms with van der Waals surface area (Å²) in [7, 11) is 0. The second-order valence-electron chi connectivity index (χ2n) is 4.34. The van der Waals surface area contributed by atoms with Crippen LogP contribution < -0.4 is 21.7 Å². The van der Waals surface area contributed by atoms with Crippen LogP contribution >= 0.6 is 0 Å². The second-order valence-corrected chi connectivity index (χ2v) is 4.34. The van der Waals surface area contributed by atoms with Crippen molar-refractivity contribution in [3.63, 3.8) is 0 Å². The molecule has 2 amide bonds. The van der Waals surface area contributed by atoms with Crippen molar-refractivity contribution in [3.8, 4) is 0 Å². The highest BCUT2D eigenvalue weighted by Crippen LogP contribution is 2.21. The zero-order chi connectivity index (χ0) is 13.8. The van der Waals surface area contributed by atoms with Crippen LogP contribution in [0.25, 0.3) is 0 Å². The number of rotatable bonds is 5. The summed E-state index contributed by atoms with van der Waals surface area (Å²) in [5.74, 6) is -0.551. The number of carbonyl (C=O) groups excluding carboxylic acids is 2. The third kappa shape index (κ3) is 3.16. The number of anilines is 1. The van der Waals surface area contributed by atoms with Gasteiger partial charge >= 0.3 is 0 Å². The fourth-order valence-corrected chi connectivity index (χ4v) is 2.11. The molecule has 19 heavy (non-hydrogen) atoms. The van der Waals surface area contributed by atoms with Crippen LogP contribution in [-0.2, 0) is 22.6 Å². The van der Waals surface area contributed by atoms with E-state index in [1.807, 2.05) is 0 Å². The van der Waals surface area contributed by atoms with E-state index < -0.39 is 11.8 Å². The third-order valence-electron chi connectivity index (χ3n) is 2.85. The topological polar surface area (TPSA) is 127 Å². The number of hydrogen-bond donors (Lipinski definition) is 3.